The van der Waals surface area contributed by atoms with E-state index in [2.05, 4.69) is 0 Å². The van der Waals surface area contributed by atoms with E-state index >= 15 is 0 Å². The molecule has 0 saturated carbocycles. The molecule has 1 aromatic rings. The van der Waals surface area contributed by atoms with E-state index in [-0.39, 0.29) is 30.8 Å². The van der Waals surface area contributed by atoms with Crippen molar-refractivity contribution in [3.8, 4) is 0 Å². The van der Waals surface area contributed by atoms with Crippen molar-refractivity contribution in [3.63, 3.8) is 0 Å². The molecule has 2 N–H and O–H groups in total. The number of hydrogen-bond donors (Lipinski definition) is 1. The molecule has 1 amide bonds. The third kappa shape index (κ3) is 4.03. The number of sulfonamides is 1. The zero-order valence-corrected chi connectivity index (χ0v) is 12.6. The van der Waals surface area contributed by atoms with Gasteiger partial charge in [-0.2, -0.15) is 4.31 Å². The Morgan fingerprint density at radius 1 is 1.57 bits per heavy atom. The van der Waals surface area contributed by atoms with Crippen molar-refractivity contribution in [3.05, 3.63) is 18.4 Å². The predicted octanol–water partition coefficient (Wildman–Crippen LogP) is -0.914. The fourth-order valence-corrected chi connectivity index (χ4v) is 3.60. The average Bonchev–Trinajstić information content (AvgIpc) is 2.92. The zero-order valence-electron chi connectivity index (χ0n) is 11.8. The first-order chi connectivity index (χ1) is 9.89. The molecule has 21 heavy (non-hydrogen) atoms. The van der Waals surface area contributed by atoms with E-state index < -0.39 is 15.9 Å². The highest BCUT2D eigenvalue weighted by molar-refractivity contribution is 7.89. The van der Waals surface area contributed by atoms with Crippen molar-refractivity contribution in [2.45, 2.75) is 11.2 Å². The third-order valence-electron chi connectivity index (χ3n) is 3.13. The number of primary amides is 1. The van der Waals surface area contributed by atoms with Crippen LogP contribution in [0.5, 0.6) is 0 Å². The molecule has 1 aliphatic heterocycles. The predicted molar refractivity (Wildman–Crippen MR) is 73.9 cm³/mol. The van der Waals surface area contributed by atoms with Crippen LogP contribution in [0.1, 0.15) is 0 Å². The summed E-state index contributed by atoms with van der Waals surface area (Å²) >= 11 is 0. The maximum Gasteiger partial charge on any atom is 0.276 e. The number of carbonyl (C=O) groups is 1. The topological polar surface area (TPSA) is 106 Å². The van der Waals surface area contributed by atoms with E-state index in [1.54, 1.807) is 11.9 Å². The molecule has 0 spiro atoms. The minimum Gasteiger partial charge on any atom is -0.452 e. The number of carbonyl (C=O) groups excluding carboxylic acids is 1. The van der Waals surface area contributed by atoms with Crippen LogP contribution in [-0.4, -0.2) is 69.5 Å². The van der Waals surface area contributed by atoms with Crippen molar-refractivity contribution in [2.75, 3.05) is 39.8 Å². The number of nitrogens with two attached hydrogens (primary N) is 1. The molecule has 1 aromatic heterocycles. The van der Waals surface area contributed by atoms with Gasteiger partial charge >= 0.3 is 0 Å². The van der Waals surface area contributed by atoms with E-state index in [0.29, 0.717) is 13.2 Å². The highest BCUT2D eigenvalue weighted by atomic mass is 32.2. The lowest BCUT2D eigenvalue weighted by molar-refractivity contribution is -0.119. The lowest BCUT2D eigenvalue weighted by Crippen LogP contribution is -2.49. The number of morpholine rings is 1. The van der Waals surface area contributed by atoms with Gasteiger partial charge in [0.05, 0.1) is 25.5 Å². The quantitative estimate of drug-likeness (QED) is 0.728. The van der Waals surface area contributed by atoms with Crippen molar-refractivity contribution in [1.29, 1.82) is 0 Å². The Labute approximate surface area is 123 Å². The number of hydrogen-bond acceptors (Lipinski definition) is 6. The molecule has 1 saturated heterocycles. The molecular formula is C12H19N3O5S. The number of furan rings is 1. The molecule has 0 aromatic carbocycles. The van der Waals surface area contributed by atoms with Crippen LogP contribution in [0.4, 0.5) is 0 Å². The van der Waals surface area contributed by atoms with Gasteiger partial charge in [-0.1, -0.05) is 0 Å². The van der Waals surface area contributed by atoms with Crippen LogP contribution < -0.4 is 5.73 Å². The summed E-state index contributed by atoms with van der Waals surface area (Å²) in [4.78, 5) is 12.6. The summed E-state index contributed by atoms with van der Waals surface area (Å²) in [6.45, 7) is 1.32. The SMILES string of the molecule is CN(CC(N)=O)C[C@H]1CN(S(=O)(=O)c2ccco2)CCO1. The first-order valence-electron chi connectivity index (χ1n) is 6.51. The maximum absolute atomic E-state index is 12.3. The van der Waals surface area contributed by atoms with Crippen LogP contribution >= 0.6 is 0 Å². The lowest BCUT2D eigenvalue weighted by atomic mass is 10.3. The second-order valence-electron chi connectivity index (χ2n) is 4.95. The Hall–Kier alpha value is -1.42. The smallest absolute Gasteiger partial charge is 0.276 e. The third-order valence-corrected chi connectivity index (χ3v) is 4.88. The van der Waals surface area contributed by atoms with Gasteiger partial charge in [-0.3, -0.25) is 9.69 Å². The van der Waals surface area contributed by atoms with Crippen molar-refractivity contribution in [1.82, 2.24) is 9.21 Å². The maximum atomic E-state index is 12.3. The summed E-state index contributed by atoms with van der Waals surface area (Å²) in [6, 6.07) is 2.95. The summed E-state index contributed by atoms with van der Waals surface area (Å²) in [5.74, 6) is -0.437. The largest absolute Gasteiger partial charge is 0.452 e. The normalized spacial score (nSPS) is 20.8. The van der Waals surface area contributed by atoms with Gasteiger partial charge in [0.25, 0.3) is 10.0 Å². The van der Waals surface area contributed by atoms with Crippen LogP contribution in [0.3, 0.4) is 0 Å². The van der Waals surface area contributed by atoms with Crippen molar-refractivity contribution >= 4 is 15.9 Å². The Morgan fingerprint density at radius 3 is 2.95 bits per heavy atom. The van der Waals surface area contributed by atoms with Gasteiger partial charge < -0.3 is 14.9 Å². The van der Waals surface area contributed by atoms with Crippen LogP contribution in [-0.2, 0) is 19.6 Å². The zero-order chi connectivity index (χ0) is 15.5. The molecule has 2 rings (SSSR count). The molecule has 0 radical (unpaired) electrons. The van der Waals surface area contributed by atoms with Gasteiger partial charge in [-0.05, 0) is 19.2 Å². The number of likely N-dealkylation sites (N-methyl/N-ethyl adjacent to an activating group) is 1. The highest BCUT2D eigenvalue weighted by Crippen LogP contribution is 2.19. The number of nitrogens with zero attached hydrogens (tertiary/aromatic N) is 2. The molecular weight excluding hydrogens is 298 g/mol. The minimum atomic E-state index is -3.63. The number of ether oxygens (including phenoxy) is 1. The molecule has 0 aliphatic carbocycles. The molecule has 1 atom stereocenters. The van der Waals surface area contributed by atoms with Gasteiger partial charge in [0.2, 0.25) is 11.0 Å². The second-order valence-corrected chi connectivity index (χ2v) is 6.82. The Bertz CT molecular complexity index is 572. The van der Waals surface area contributed by atoms with Gasteiger partial charge in [0.1, 0.15) is 0 Å². The monoisotopic (exact) mass is 317 g/mol. The fraction of sp³-hybridized carbons (Fsp3) is 0.583. The number of rotatable bonds is 6. The number of amides is 1. The van der Waals surface area contributed by atoms with E-state index in [4.69, 9.17) is 14.9 Å². The fourth-order valence-electron chi connectivity index (χ4n) is 2.24. The summed E-state index contributed by atoms with van der Waals surface area (Å²) in [7, 11) is -1.90. The van der Waals surface area contributed by atoms with Gasteiger partial charge in [0.15, 0.2) is 0 Å². The second kappa shape index (κ2) is 6.56. The summed E-state index contributed by atoms with van der Waals surface area (Å²) in [6.07, 6.45) is 1.01. The first-order valence-corrected chi connectivity index (χ1v) is 7.95. The van der Waals surface area contributed by atoms with Gasteiger partial charge in [0, 0.05) is 19.6 Å². The Kier molecular flexibility index (Phi) is 4.99. The average molecular weight is 317 g/mol. The van der Waals surface area contributed by atoms with Crippen LogP contribution in [0, 0.1) is 0 Å². The van der Waals surface area contributed by atoms with Crippen molar-refractivity contribution in [2.24, 2.45) is 5.73 Å². The van der Waals surface area contributed by atoms with E-state index in [1.165, 1.54) is 22.7 Å². The van der Waals surface area contributed by atoms with Crippen LogP contribution in [0.25, 0.3) is 0 Å². The van der Waals surface area contributed by atoms with Gasteiger partial charge in [-0.15, -0.1) is 0 Å². The Morgan fingerprint density at radius 2 is 2.33 bits per heavy atom. The highest BCUT2D eigenvalue weighted by Gasteiger charge is 2.32. The molecule has 0 bridgehead atoms. The molecule has 1 fully saturated rings. The van der Waals surface area contributed by atoms with E-state index in [9.17, 15) is 13.2 Å². The summed E-state index contributed by atoms with van der Waals surface area (Å²) in [5.41, 5.74) is 5.12. The van der Waals surface area contributed by atoms with E-state index in [1.807, 2.05) is 0 Å². The standard InChI is InChI=1S/C12H19N3O5S/c1-14(9-11(13)16)7-10-8-15(4-6-19-10)21(17,18)12-3-2-5-20-12/h2-3,5,10H,4,6-9H2,1H3,(H2,13,16)/t10-/m0/s1. The Balaban J connectivity index is 1.99. The van der Waals surface area contributed by atoms with Crippen LogP contribution in [0.2, 0.25) is 0 Å². The summed E-state index contributed by atoms with van der Waals surface area (Å²) in [5, 5.41) is -0.0753. The molecule has 0 unspecified atom stereocenters. The minimum absolute atomic E-state index is 0.0753. The van der Waals surface area contributed by atoms with Crippen LogP contribution in [0.15, 0.2) is 27.9 Å². The molecule has 118 valence electrons. The lowest BCUT2D eigenvalue weighted by Gasteiger charge is -2.33. The molecule has 2 heterocycles. The summed E-state index contributed by atoms with van der Waals surface area (Å²) < 4.78 is 36.5. The first kappa shape index (κ1) is 16.0. The molecule has 8 nitrogen and oxygen atoms in total. The van der Waals surface area contributed by atoms with E-state index in [0.717, 1.165) is 0 Å². The van der Waals surface area contributed by atoms with Gasteiger partial charge in [-0.25, -0.2) is 8.42 Å². The molecule has 1 aliphatic rings. The van der Waals surface area contributed by atoms with Crippen molar-refractivity contribution < 1.29 is 22.4 Å². The molecule has 9 heteroatoms.